The van der Waals surface area contributed by atoms with Gasteiger partial charge in [-0.2, -0.15) is 0 Å². The van der Waals surface area contributed by atoms with Crippen LogP contribution in [0.5, 0.6) is 0 Å². The highest BCUT2D eigenvalue weighted by molar-refractivity contribution is 5.29. The first-order valence-electron chi connectivity index (χ1n) is 7.15. The van der Waals surface area contributed by atoms with E-state index in [2.05, 4.69) is 30.8 Å². The number of aryl methyl sites for hydroxylation is 1. The molecule has 1 aliphatic heterocycles. The highest BCUT2D eigenvalue weighted by Gasteiger charge is 2.32. The fraction of sp³-hybridized carbons (Fsp3) is 0.733. The largest absolute Gasteiger partial charge is 0.370 e. The van der Waals surface area contributed by atoms with Crippen molar-refractivity contribution in [1.29, 1.82) is 0 Å². The van der Waals surface area contributed by atoms with Crippen LogP contribution >= 0.6 is 0 Å². The molecule has 1 aliphatic carbocycles. The van der Waals surface area contributed by atoms with E-state index in [0.29, 0.717) is 6.10 Å². The molecular formula is C15H24N2O. The fourth-order valence-corrected chi connectivity index (χ4v) is 3.33. The van der Waals surface area contributed by atoms with Crippen LogP contribution in [-0.2, 0) is 17.7 Å². The van der Waals surface area contributed by atoms with E-state index in [0.717, 1.165) is 19.4 Å². The maximum atomic E-state index is 6.17. The van der Waals surface area contributed by atoms with E-state index < -0.39 is 0 Å². The van der Waals surface area contributed by atoms with Crippen molar-refractivity contribution < 1.29 is 4.74 Å². The van der Waals surface area contributed by atoms with E-state index >= 15 is 0 Å². The lowest BCUT2D eigenvalue weighted by molar-refractivity contribution is -0.0216. The first-order valence-corrected chi connectivity index (χ1v) is 7.15. The molecule has 1 fully saturated rings. The summed E-state index contributed by atoms with van der Waals surface area (Å²) in [4.78, 5) is 0. The van der Waals surface area contributed by atoms with Gasteiger partial charge in [0.05, 0.1) is 11.7 Å². The molecule has 3 heteroatoms. The van der Waals surface area contributed by atoms with Gasteiger partial charge in [0.2, 0.25) is 0 Å². The SMILES string of the molecule is CC1(C)CCC(Cn2cc3c(c2)C(N)CCC3)O1. The van der Waals surface area contributed by atoms with E-state index in [9.17, 15) is 0 Å². The van der Waals surface area contributed by atoms with Crippen molar-refractivity contribution >= 4 is 0 Å². The molecule has 3 rings (SSSR count). The first kappa shape index (κ1) is 12.2. The summed E-state index contributed by atoms with van der Waals surface area (Å²) in [5.41, 5.74) is 9.04. The molecule has 2 unspecified atom stereocenters. The smallest absolute Gasteiger partial charge is 0.0762 e. The van der Waals surface area contributed by atoms with Crippen molar-refractivity contribution in [2.75, 3.05) is 0 Å². The summed E-state index contributed by atoms with van der Waals surface area (Å²) in [5.74, 6) is 0. The molecule has 1 saturated heterocycles. The molecule has 2 aliphatic rings. The van der Waals surface area contributed by atoms with Gasteiger partial charge in [-0.1, -0.05) is 0 Å². The Morgan fingerprint density at radius 2 is 2.22 bits per heavy atom. The number of hydrogen-bond donors (Lipinski definition) is 1. The van der Waals surface area contributed by atoms with Gasteiger partial charge in [0.25, 0.3) is 0 Å². The van der Waals surface area contributed by atoms with E-state index in [1.807, 2.05) is 0 Å². The number of nitrogens with two attached hydrogens (primary N) is 1. The summed E-state index contributed by atoms with van der Waals surface area (Å²) < 4.78 is 8.35. The minimum atomic E-state index is 0.0633. The molecule has 1 aromatic rings. The van der Waals surface area contributed by atoms with E-state index in [-0.39, 0.29) is 11.6 Å². The van der Waals surface area contributed by atoms with Gasteiger partial charge in [-0.3, -0.25) is 0 Å². The molecule has 3 nitrogen and oxygen atoms in total. The molecule has 2 N–H and O–H groups in total. The Kier molecular flexibility index (Phi) is 2.99. The quantitative estimate of drug-likeness (QED) is 0.874. The van der Waals surface area contributed by atoms with Gasteiger partial charge in [0, 0.05) is 25.0 Å². The van der Waals surface area contributed by atoms with Crippen LogP contribution in [0.4, 0.5) is 0 Å². The number of hydrogen-bond acceptors (Lipinski definition) is 2. The number of rotatable bonds is 2. The summed E-state index contributed by atoms with van der Waals surface area (Å²) >= 11 is 0. The van der Waals surface area contributed by atoms with Gasteiger partial charge >= 0.3 is 0 Å². The van der Waals surface area contributed by atoms with Crippen molar-refractivity contribution in [2.45, 2.75) is 70.2 Å². The Bertz CT molecular complexity index is 436. The van der Waals surface area contributed by atoms with E-state index in [1.165, 1.54) is 30.4 Å². The minimum Gasteiger partial charge on any atom is -0.370 e. The Morgan fingerprint density at radius 3 is 2.89 bits per heavy atom. The van der Waals surface area contributed by atoms with Crippen molar-refractivity contribution in [3.63, 3.8) is 0 Å². The lowest BCUT2D eigenvalue weighted by Gasteiger charge is -2.19. The second-order valence-electron chi connectivity index (χ2n) is 6.47. The lowest BCUT2D eigenvalue weighted by Crippen LogP contribution is -2.22. The van der Waals surface area contributed by atoms with Gasteiger partial charge in [-0.05, 0) is 57.1 Å². The summed E-state index contributed by atoms with van der Waals surface area (Å²) in [6.45, 7) is 5.34. The normalized spacial score (nSPS) is 30.4. The van der Waals surface area contributed by atoms with Gasteiger partial charge in [-0.25, -0.2) is 0 Å². The van der Waals surface area contributed by atoms with Crippen LogP contribution < -0.4 is 5.73 Å². The van der Waals surface area contributed by atoms with Crippen LogP contribution in [0, 0.1) is 0 Å². The maximum Gasteiger partial charge on any atom is 0.0762 e. The van der Waals surface area contributed by atoms with Crippen LogP contribution in [0.2, 0.25) is 0 Å². The number of nitrogens with zero attached hydrogens (tertiary/aromatic N) is 1. The molecule has 2 heterocycles. The Morgan fingerprint density at radius 1 is 1.39 bits per heavy atom. The lowest BCUT2D eigenvalue weighted by atomic mass is 9.92. The summed E-state index contributed by atoms with van der Waals surface area (Å²) in [6.07, 6.45) is 10.8. The Labute approximate surface area is 109 Å². The molecule has 0 radical (unpaired) electrons. The molecule has 1 aromatic heterocycles. The zero-order valence-electron chi connectivity index (χ0n) is 11.5. The highest BCUT2D eigenvalue weighted by atomic mass is 16.5. The minimum absolute atomic E-state index is 0.0633. The van der Waals surface area contributed by atoms with Gasteiger partial charge in [0.15, 0.2) is 0 Å². The molecule has 0 bridgehead atoms. The topological polar surface area (TPSA) is 40.2 Å². The molecule has 18 heavy (non-hydrogen) atoms. The van der Waals surface area contributed by atoms with Gasteiger partial charge < -0.3 is 15.0 Å². The third-order valence-corrected chi connectivity index (χ3v) is 4.33. The monoisotopic (exact) mass is 248 g/mol. The van der Waals surface area contributed by atoms with Crippen molar-refractivity contribution in [2.24, 2.45) is 5.73 Å². The van der Waals surface area contributed by atoms with Crippen LogP contribution in [0.25, 0.3) is 0 Å². The van der Waals surface area contributed by atoms with Gasteiger partial charge in [0.1, 0.15) is 0 Å². The molecule has 0 spiro atoms. The summed E-state index contributed by atoms with van der Waals surface area (Å²) in [5, 5.41) is 0. The summed E-state index contributed by atoms with van der Waals surface area (Å²) in [7, 11) is 0. The molecule has 100 valence electrons. The van der Waals surface area contributed by atoms with E-state index in [1.54, 1.807) is 0 Å². The van der Waals surface area contributed by atoms with Crippen LogP contribution in [-0.4, -0.2) is 16.3 Å². The molecule has 0 saturated carbocycles. The second kappa shape index (κ2) is 4.39. The zero-order chi connectivity index (χ0) is 12.8. The van der Waals surface area contributed by atoms with Crippen LogP contribution in [0.15, 0.2) is 12.4 Å². The van der Waals surface area contributed by atoms with E-state index in [4.69, 9.17) is 10.5 Å². The standard InChI is InChI=1S/C15H24N2O/c1-15(2)7-6-12(18-15)9-17-8-11-4-3-5-14(16)13(11)10-17/h8,10,12,14H,3-7,9,16H2,1-2H3. The fourth-order valence-electron chi connectivity index (χ4n) is 3.33. The predicted molar refractivity (Wildman–Crippen MR) is 72.5 cm³/mol. The molecule has 0 aromatic carbocycles. The van der Waals surface area contributed by atoms with Crippen molar-refractivity contribution in [3.8, 4) is 0 Å². The summed E-state index contributed by atoms with van der Waals surface area (Å²) in [6, 6.07) is 0.246. The van der Waals surface area contributed by atoms with Crippen LogP contribution in [0.1, 0.15) is 56.7 Å². The van der Waals surface area contributed by atoms with Crippen LogP contribution in [0.3, 0.4) is 0 Å². The van der Waals surface area contributed by atoms with Gasteiger partial charge in [-0.15, -0.1) is 0 Å². The molecule has 2 atom stereocenters. The number of fused-ring (bicyclic) bond motifs is 1. The Hall–Kier alpha value is -0.800. The molecule has 0 amide bonds. The zero-order valence-corrected chi connectivity index (χ0v) is 11.5. The molecular weight excluding hydrogens is 224 g/mol. The third-order valence-electron chi connectivity index (χ3n) is 4.33. The maximum absolute atomic E-state index is 6.17. The van der Waals surface area contributed by atoms with Crippen molar-refractivity contribution in [3.05, 3.63) is 23.5 Å². The average Bonchev–Trinajstić information content (AvgIpc) is 2.83. The van der Waals surface area contributed by atoms with Crippen molar-refractivity contribution in [1.82, 2.24) is 4.57 Å². The Balaban J connectivity index is 1.71. The number of ether oxygens (including phenoxy) is 1. The first-order chi connectivity index (χ1) is 8.53. The third kappa shape index (κ3) is 2.34. The second-order valence-corrected chi connectivity index (χ2v) is 6.47. The predicted octanol–water partition coefficient (Wildman–Crippen LogP) is 2.78. The number of aromatic nitrogens is 1. The average molecular weight is 248 g/mol. The highest BCUT2D eigenvalue weighted by Crippen LogP contribution is 2.32.